The number of hydrogen-bond donors (Lipinski definition) is 1. The fourth-order valence-electron chi connectivity index (χ4n) is 3.83. The van der Waals surface area contributed by atoms with Crippen LogP contribution in [0, 0.1) is 17.8 Å². The highest BCUT2D eigenvalue weighted by Gasteiger charge is 2.29. The third-order valence-electron chi connectivity index (χ3n) is 4.89. The van der Waals surface area contributed by atoms with E-state index in [1.54, 1.807) is 0 Å². The summed E-state index contributed by atoms with van der Waals surface area (Å²) in [6.45, 7) is 11.1. The van der Waals surface area contributed by atoms with Crippen molar-refractivity contribution >= 4 is 11.8 Å². The zero-order valence-corrected chi connectivity index (χ0v) is 14.3. The molecule has 5 nitrogen and oxygen atoms in total. The number of piperidine rings is 2. The fraction of sp³-hybridized carbons (Fsp3) is 0.882. The van der Waals surface area contributed by atoms with E-state index in [0.29, 0.717) is 24.9 Å². The second-order valence-electron chi connectivity index (χ2n) is 7.19. The van der Waals surface area contributed by atoms with Gasteiger partial charge in [0, 0.05) is 25.6 Å². The fourth-order valence-corrected chi connectivity index (χ4v) is 3.83. The molecule has 2 aliphatic rings. The van der Waals surface area contributed by atoms with Crippen LogP contribution < -0.4 is 5.32 Å². The average Bonchev–Trinajstić information content (AvgIpc) is 2.47. The summed E-state index contributed by atoms with van der Waals surface area (Å²) in [6, 6.07) is 0. The second-order valence-corrected chi connectivity index (χ2v) is 7.19. The molecule has 0 aromatic rings. The SMILES string of the molecule is CCNC(=O)C1CCN(CC(=O)N2CC(C)CC(C)C2)CC1. The standard InChI is InChI=1S/C17H31N3O2/c1-4-18-17(22)15-5-7-19(8-6-15)12-16(21)20-10-13(2)9-14(3)11-20/h13-15H,4-12H2,1-3H3,(H,18,22). The van der Waals surface area contributed by atoms with Crippen molar-refractivity contribution < 1.29 is 9.59 Å². The number of carbonyl (C=O) groups excluding carboxylic acids is 2. The van der Waals surface area contributed by atoms with E-state index in [1.807, 2.05) is 11.8 Å². The van der Waals surface area contributed by atoms with E-state index >= 15 is 0 Å². The molecule has 126 valence electrons. The number of rotatable bonds is 4. The van der Waals surface area contributed by atoms with Gasteiger partial charge in [0.2, 0.25) is 11.8 Å². The van der Waals surface area contributed by atoms with E-state index in [1.165, 1.54) is 6.42 Å². The van der Waals surface area contributed by atoms with E-state index in [2.05, 4.69) is 24.1 Å². The van der Waals surface area contributed by atoms with Gasteiger partial charge in [-0.1, -0.05) is 13.8 Å². The Morgan fingerprint density at radius 3 is 2.23 bits per heavy atom. The zero-order chi connectivity index (χ0) is 16.1. The Hall–Kier alpha value is -1.10. The molecule has 0 aromatic heterocycles. The molecule has 2 fully saturated rings. The summed E-state index contributed by atoms with van der Waals surface area (Å²) >= 11 is 0. The summed E-state index contributed by atoms with van der Waals surface area (Å²) in [5.74, 6) is 1.77. The topological polar surface area (TPSA) is 52.7 Å². The van der Waals surface area contributed by atoms with Crippen LogP contribution in [0.25, 0.3) is 0 Å². The lowest BCUT2D eigenvalue weighted by atomic mass is 9.92. The molecule has 0 radical (unpaired) electrons. The Bertz CT molecular complexity index is 381. The van der Waals surface area contributed by atoms with E-state index in [9.17, 15) is 9.59 Å². The third-order valence-corrected chi connectivity index (χ3v) is 4.89. The normalized spacial score (nSPS) is 27.7. The summed E-state index contributed by atoms with van der Waals surface area (Å²) in [6.07, 6.45) is 2.96. The number of nitrogens with zero attached hydrogens (tertiary/aromatic N) is 2. The van der Waals surface area contributed by atoms with Crippen LogP contribution in [-0.2, 0) is 9.59 Å². The first-order chi connectivity index (χ1) is 10.5. The summed E-state index contributed by atoms with van der Waals surface area (Å²) in [5, 5.41) is 2.90. The third kappa shape index (κ3) is 4.70. The minimum absolute atomic E-state index is 0.126. The van der Waals surface area contributed by atoms with Gasteiger partial charge in [0.05, 0.1) is 6.54 Å². The number of amides is 2. The van der Waals surface area contributed by atoms with Gasteiger partial charge in [-0.25, -0.2) is 0 Å². The van der Waals surface area contributed by atoms with Crippen molar-refractivity contribution in [3.05, 3.63) is 0 Å². The zero-order valence-electron chi connectivity index (χ0n) is 14.3. The Kier molecular flexibility index (Phi) is 6.24. The molecule has 5 heteroatoms. The highest BCUT2D eigenvalue weighted by molar-refractivity contribution is 5.79. The van der Waals surface area contributed by atoms with Crippen LogP contribution in [0.15, 0.2) is 0 Å². The molecule has 0 bridgehead atoms. The van der Waals surface area contributed by atoms with Gasteiger partial charge in [-0.15, -0.1) is 0 Å². The first-order valence-electron chi connectivity index (χ1n) is 8.77. The second kappa shape index (κ2) is 7.95. The number of hydrogen-bond acceptors (Lipinski definition) is 3. The molecule has 2 aliphatic heterocycles. The van der Waals surface area contributed by atoms with Gasteiger partial charge in [0.15, 0.2) is 0 Å². The Balaban J connectivity index is 1.76. The predicted octanol–water partition coefficient (Wildman–Crippen LogP) is 1.34. The maximum Gasteiger partial charge on any atom is 0.236 e. The molecule has 2 atom stereocenters. The summed E-state index contributed by atoms with van der Waals surface area (Å²) in [7, 11) is 0. The molecule has 22 heavy (non-hydrogen) atoms. The molecule has 0 aromatic carbocycles. The van der Waals surface area contributed by atoms with Crippen LogP contribution in [0.4, 0.5) is 0 Å². The van der Waals surface area contributed by atoms with E-state index in [4.69, 9.17) is 0 Å². The molecular formula is C17H31N3O2. The Morgan fingerprint density at radius 1 is 1.09 bits per heavy atom. The molecule has 1 N–H and O–H groups in total. The van der Waals surface area contributed by atoms with Gasteiger partial charge < -0.3 is 10.2 Å². The number of carbonyl (C=O) groups is 2. The van der Waals surface area contributed by atoms with Gasteiger partial charge in [-0.2, -0.15) is 0 Å². The highest BCUT2D eigenvalue weighted by Crippen LogP contribution is 2.22. The van der Waals surface area contributed by atoms with Crippen molar-refractivity contribution in [2.24, 2.45) is 17.8 Å². The van der Waals surface area contributed by atoms with Crippen molar-refractivity contribution in [1.82, 2.24) is 15.1 Å². The van der Waals surface area contributed by atoms with Crippen LogP contribution >= 0.6 is 0 Å². The molecular weight excluding hydrogens is 278 g/mol. The number of nitrogens with one attached hydrogen (secondary N) is 1. The monoisotopic (exact) mass is 309 g/mol. The van der Waals surface area contributed by atoms with Crippen molar-refractivity contribution in [2.75, 3.05) is 39.3 Å². The summed E-state index contributed by atoms with van der Waals surface area (Å²) < 4.78 is 0. The number of likely N-dealkylation sites (tertiary alicyclic amines) is 2. The highest BCUT2D eigenvalue weighted by atomic mass is 16.2. The van der Waals surface area contributed by atoms with Crippen molar-refractivity contribution in [3.8, 4) is 0 Å². The molecule has 2 unspecified atom stereocenters. The lowest BCUT2D eigenvalue weighted by Crippen LogP contribution is -2.49. The van der Waals surface area contributed by atoms with Crippen LogP contribution in [-0.4, -0.2) is 60.9 Å². The first-order valence-corrected chi connectivity index (χ1v) is 8.77. The Morgan fingerprint density at radius 2 is 1.68 bits per heavy atom. The van der Waals surface area contributed by atoms with Gasteiger partial charge in [-0.05, 0) is 51.1 Å². The van der Waals surface area contributed by atoms with Gasteiger partial charge in [0.25, 0.3) is 0 Å². The molecule has 2 rings (SSSR count). The largest absolute Gasteiger partial charge is 0.356 e. The minimum atomic E-state index is 0.126. The van der Waals surface area contributed by atoms with E-state index in [0.717, 1.165) is 39.0 Å². The van der Waals surface area contributed by atoms with Crippen LogP contribution in [0.2, 0.25) is 0 Å². The van der Waals surface area contributed by atoms with Gasteiger partial charge in [0.1, 0.15) is 0 Å². The van der Waals surface area contributed by atoms with Gasteiger partial charge >= 0.3 is 0 Å². The van der Waals surface area contributed by atoms with Crippen LogP contribution in [0.1, 0.15) is 40.0 Å². The van der Waals surface area contributed by atoms with Gasteiger partial charge in [-0.3, -0.25) is 14.5 Å². The molecule has 0 saturated carbocycles. The van der Waals surface area contributed by atoms with E-state index < -0.39 is 0 Å². The van der Waals surface area contributed by atoms with Crippen LogP contribution in [0.5, 0.6) is 0 Å². The Labute approximate surface area is 134 Å². The maximum atomic E-state index is 12.5. The molecule has 0 aliphatic carbocycles. The maximum absolute atomic E-state index is 12.5. The van der Waals surface area contributed by atoms with Crippen molar-refractivity contribution in [2.45, 2.75) is 40.0 Å². The summed E-state index contributed by atoms with van der Waals surface area (Å²) in [5.41, 5.74) is 0. The van der Waals surface area contributed by atoms with E-state index in [-0.39, 0.29) is 17.7 Å². The molecule has 0 spiro atoms. The van der Waals surface area contributed by atoms with Crippen LogP contribution in [0.3, 0.4) is 0 Å². The smallest absolute Gasteiger partial charge is 0.236 e. The van der Waals surface area contributed by atoms with Crippen molar-refractivity contribution in [3.63, 3.8) is 0 Å². The predicted molar refractivity (Wildman–Crippen MR) is 87.4 cm³/mol. The van der Waals surface area contributed by atoms with Crippen molar-refractivity contribution in [1.29, 1.82) is 0 Å². The first kappa shape index (κ1) is 17.3. The molecule has 2 amide bonds. The molecule has 2 saturated heterocycles. The lowest BCUT2D eigenvalue weighted by Gasteiger charge is -2.37. The lowest BCUT2D eigenvalue weighted by molar-refractivity contribution is -0.135. The molecule has 2 heterocycles. The summed E-state index contributed by atoms with van der Waals surface area (Å²) in [4.78, 5) is 28.6. The quantitative estimate of drug-likeness (QED) is 0.852. The average molecular weight is 309 g/mol. The minimum Gasteiger partial charge on any atom is -0.356 e.